The van der Waals surface area contributed by atoms with Gasteiger partial charge >= 0.3 is 0 Å². The number of aromatic nitrogens is 2. The maximum atomic E-state index is 12.9. The van der Waals surface area contributed by atoms with E-state index < -0.39 is 16.1 Å². The molecular weight excluding hydrogens is 484 g/mol. The molecule has 3 heterocycles. The number of rotatable bonds is 7. The lowest BCUT2D eigenvalue weighted by Crippen LogP contribution is -2.26. The van der Waals surface area contributed by atoms with Crippen molar-refractivity contribution in [3.63, 3.8) is 0 Å². The summed E-state index contributed by atoms with van der Waals surface area (Å²) >= 11 is 1.56. The van der Waals surface area contributed by atoms with Crippen LogP contribution in [0.15, 0.2) is 76.7 Å². The van der Waals surface area contributed by atoms with Crippen LogP contribution in [0.2, 0.25) is 0 Å². The van der Waals surface area contributed by atoms with Gasteiger partial charge in [0.05, 0.1) is 43.6 Å². The van der Waals surface area contributed by atoms with Crippen molar-refractivity contribution < 1.29 is 17.9 Å². The number of hydrazone groups is 1. The van der Waals surface area contributed by atoms with Gasteiger partial charge < -0.3 is 9.47 Å². The van der Waals surface area contributed by atoms with Gasteiger partial charge in [-0.1, -0.05) is 18.2 Å². The first-order chi connectivity index (χ1) is 16.9. The van der Waals surface area contributed by atoms with Crippen LogP contribution in [-0.4, -0.2) is 48.8 Å². The molecule has 0 bridgehead atoms. The average molecular weight is 509 g/mol. The van der Waals surface area contributed by atoms with Gasteiger partial charge in [0.1, 0.15) is 11.5 Å². The fourth-order valence-electron chi connectivity index (χ4n) is 4.19. The quantitative estimate of drug-likeness (QED) is 0.360. The largest absolute Gasteiger partial charge is 0.497 e. The van der Waals surface area contributed by atoms with Crippen molar-refractivity contribution in [2.45, 2.75) is 12.5 Å². The summed E-state index contributed by atoms with van der Waals surface area (Å²) in [5.41, 5.74) is 4.66. The number of ether oxygens (including phenoxy) is 2. The molecule has 0 saturated carbocycles. The van der Waals surface area contributed by atoms with Crippen molar-refractivity contribution in [3.05, 3.63) is 82.7 Å². The van der Waals surface area contributed by atoms with Crippen LogP contribution in [0.5, 0.6) is 11.5 Å². The molecule has 0 aliphatic carbocycles. The van der Waals surface area contributed by atoms with Gasteiger partial charge in [0.25, 0.3) is 0 Å². The predicted molar refractivity (Wildman–Crippen MR) is 137 cm³/mol. The first kappa shape index (κ1) is 23.1. The molecule has 35 heavy (non-hydrogen) atoms. The molecule has 0 amide bonds. The van der Waals surface area contributed by atoms with E-state index >= 15 is 0 Å². The third-order valence-corrected chi connectivity index (χ3v) is 7.55. The Morgan fingerprint density at radius 3 is 2.51 bits per heavy atom. The van der Waals surface area contributed by atoms with Crippen LogP contribution in [0.1, 0.15) is 23.6 Å². The number of hydrogen-bond acceptors (Lipinski definition) is 7. The minimum absolute atomic E-state index is 0.368. The van der Waals surface area contributed by atoms with E-state index in [1.165, 1.54) is 10.7 Å². The molecular formula is C25H24N4O4S2. The van der Waals surface area contributed by atoms with Gasteiger partial charge in [-0.25, -0.2) is 13.1 Å². The molecule has 1 atom stereocenters. The summed E-state index contributed by atoms with van der Waals surface area (Å²) < 4.78 is 39.6. The third kappa shape index (κ3) is 4.42. The molecule has 0 N–H and O–H groups in total. The van der Waals surface area contributed by atoms with Gasteiger partial charge in [0.15, 0.2) is 0 Å². The highest BCUT2D eigenvalue weighted by Gasteiger charge is 2.38. The Morgan fingerprint density at radius 1 is 1.06 bits per heavy atom. The summed E-state index contributed by atoms with van der Waals surface area (Å²) in [7, 11) is -0.518. The Labute approximate surface area is 208 Å². The zero-order valence-electron chi connectivity index (χ0n) is 19.5. The van der Waals surface area contributed by atoms with Gasteiger partial charge in [-0.05, 0) is 35.7 Å². The topological polar surface area (TPSA) is 86.0 Å². The Morgan fingerprint density at radius 2 is 1.86 bits per heavy atom. The van der Waals surface area contributed by atoms with E-state index in [1.807, 2.05) is 65.5 Å². The monoisotopic (exact) mass is 508 g/mol. The number of para-hydroxylation sites is 1. The van der Waals surface area contributed by atoms with Crippen LogP contribution in [0, 0.1) is 0 Å². The van der Waals surface area contributed by atoms with E-state index in [1.54, 1.807) is 36.3 Å². The van der Waals surface area contributed by atoms with E-state index in [4.69, 9.17) is 14.6 Å². The van der Waals surface area contributed by atoms with Crippen molar-refractivity contribution in [1.82, 2.24) is 14.2 Å². The van der Waals surface area contributed by atoms with E-state index in [2.05, 4.69) is 5.10 Å². The summed E-state index contributed by atoms with van der Waals surface area (Å²) in [5.74, 6) is 1.21. The van der Waals surface area contributed by atoms with Crippen molar-refractivity contribution in [3.8, 4) is 28.4 Å². The van der Waals surface area contributed by atoms with Crippen molar-refractivity contribution in [1.29, 1.82) is 0 Å². The average Bonchev–Trinajstić information content (AvgIpc) is 3.62. The molecule has 5 rings (SSSR count). The van der Waals surface area contributed by atoms with Gasteiger partial charge in [0.2, 0.25) is 10.0 Å². The van der Waals surface area contributed by atoms with E-state index in [-0.39, 0.29) is 0 Å². The smallest absolute Gasteiger partial charge is 0.247 e. The number of hydrogen-bond donors (Lipinski definition) is 0. The molecule has 180 valence electrons. The molecule has 0 saturated heterocycles. The number of thiophene rings is 1. The maximum absolute atomic E-state index is 12.9. The third-order valence-electron chi connectivity index (χ3n) is 5.85. The van der Waals surface area contributed by atoms with Crippen molar-refractivity contribution in [2.75, 3.05) is 20.5 Å². The Kier molecular flexibility index (Phi) is 6.08. The molecule has 1 unspecified atom stereocenters. The highest BCUT2D eigenvalue weighted by Crippen LogP contribution is 2.41. The molecule has 2 aromatic heterocycles. The normalized spacial score (nSPS) is 15.8. The van der Waals surface area contributed by atoms with Gasteiger partial charge in [0, 0.05) is 40.8 Å². The minimum atomic E-state index is -3.67. The standard InChI is InChI=1S/C25H24N4O4S2/c1-32-19-9-10-20(24(13-19)33-2)22-14-23(29(26-22)35(3,30)31)21-15-28(18-7-5-4-6-8-18)27-25(21)17-11-12-34-16-17/h4-13,15-16,23H,14H2,1-3H3. The zero-order chi connectivity index (χ0) is 24.6. The first-order valence-electron chi connectivity index (χ1n) is 10.9. The predicted octanol–water partition coefficient (Wildman–Crippen LogP) is 4.73. The zero-order valence-corrected chi connectivity index (χ0v) is 21.1. The summed E-state index contributed by atoms with van der Waals surface area (Å²) in [6, 6.07) is 16.6. The van der Waals surface area contributed by atoms with E-state index in [0.29, 0.717) is 23.6 Å². The molecule has 1 aliphatic rings. The number of sulfonamides is 1. The van der Waals surface area contributed by atoms with Crippen LogP contribution in [-0.2, 0) is 10.0 Å². The minimum Gasteiger partial charge on any atom is -0.497 e. The SMILES string of the molecule is COc1ccc(C2=NN(S(C)(=O)=O)C(c3cn(-c4ccccc4)nc3-c3ccsc3)C2)c(OC)c1. The molecule has 10 heteroatoms. The molecule has 2 aromatic carbocycles. The molecule has 1 aliphatic heterocycles. The van der Waals surface area contributed by atoms with Crippen molar-refractivity contribution >= 4 is 27.1 Å². The van der Waals surface area contributed by atoms with Crippen LogP contribution < -0.4 is 9.47 Å². The summed E-state index contributed by atoms with van der Waals surface area (Å²) in [6.07, 6.45) is 3.44. The molecule has 8 nitrogen and oxygen atoms in total. The molecule has 0 radical (unpaired) electrons. The Balaban J connectivity index is 1.63. The number of benzene rings is 2. The fourth-order valence-corrected chi connectivity index (χ4v) is 5.73. The highest BCUT2D eigenvalue weighted by molar-refractivity contribution is 7.88. The molecule has 0 fully saturated rings. The number of nitrogens with zero attached hydrogens (tertiary/aromatic N) is 4. The van der Waals surface area contributed by atoms with Gasteiger partial charge in [-0.2, -0.15) is 26.0 Å². The van der Waals surface area contributed by atoms with Crippen LogP contribution >= 0.6 is 11.3 Å². The maximum Gasteiger partial charge on any atom is 0.247 e. The Hall–Kier alpha value is -3.63. The van der Waals surface area contributed by atoms with E-state index in [0.717, 1.165) is 28.1 Å². The first-order valence-corrected chi connectivity index (χ1v) is 13.6. The second-order valence-electron chi connectivity index (χ2n) is 8.09. The second kappa shape index (κ2) is 9.20. The fraction of sp³-hybridized carbons (Fsp3) is 0.200. The van der Waals surface area contributed by atoms with Crippen LogP contribution in [0.4, 0.5) is 0 Å². The van der Waals surface area contributed by atoms with Crippen molar-refractivity contribution in [2.24, 2.45) is 5.10 Å². The molecule has 4 aromatic rings. The van der Waals surface area contributed by atoms with Gasteiger partial charge in [-0.15, -0.1) is 0 Å². The molecule has 0 spiro atoms. The highest BCUT2D eigenvalue weighted by atomic mass is 32.2. The number of methoxy groups -OCH3 is 2. The van der Waals surface area contributed by atoms with Gasteiger partial charge in [-0.3, -0.25) is 0 Å². The lowest BCUT2D eigenvalue weighted by molar-refractivity contribution is 0.375. The van der Waals surface area contributed by atoms with E-state index in [9.17, 15) is 8.42 Å². The lowest BCUT2D eigenvalue weighted by Gasteiger charge is -2.21. The van der Waals surface area contributed by atoms with Crippen LogP contribution in [0.3, 0.4) is 0 Å². The summed E-state index contributed by atoms with van der Waals surface area (Å²) in [5, 5.41) is 13.4. The van der Waals surface area contributed by atoms with Crippen LogP contribution in [0.25, 0.3) is 16.9 Å². The summed E-state index contributed by atoms with van der Waals surface area (Å²) in [4.78, 5) is 0. The lowest BCUT2D eigenvalue weighted by atomic mass is 9.97. The second-order valence-corrected chi connectivity index (χ2v) is 10.7. The Bertz CT molecular complexity index is 1480. The summed E-state index contributed by atoms with van der Waals surface area (Å²) in [6.45, 7) is 0.